The minimum Gasteiger partial charge on any atom is -0.484 e. The summed E-state index contributed by atoms with van der Waals surface area (Å²) in [5, 5.41) is 21.8. The second-order valence-electron chi connectivity index (χ2n) is 4.48. The molecule has 0 aliphatic rings. The number of furan rings is 1. The topological polar surface area (TPSA) is 120 Å². The number of benzene rings is 1. The molecule has 9 nitrogen and oxygen atoms in total. The average molecular weight is 346 g/mol. The molecule has 2 heterocycles. The minimum atomic E-state index is -0.537. The molecule has 0 spiro atoms. The normalized spacial score (nSPS) is 10.3. The molecule has 3 rings (SSSR count). The fraction of sp³-hybridized carbons (Fsp3) is 0.0714. The van der Waals surface area contributed by atoms with Crippen LogP contribution in [0.5, 0.6) is 5.75 Å². The van der Waals surface area contributed by atoms with Gasteiger partial charge in [0, 0.05) is 6.07 Å². The van der Waals surface area contributed by atoms with Crippen LogP contribution in [0.3, 0.4) is 0 Å². The Morgan fingerprint density at radius 1 is 1.33 bits per heavy atom. The summed E-state index contributed by atoms with van der Waals surface area (Å²) in [5.41, 5.74) is -0.111. The highest BCUT2D eigenvalue weighted by atomic mass is 32.1. The Kier molecular flexibility index (Phi) is 4.47. The lowest BCUT2D eigenvalue weighted by atomic mass is 10.3. The van der Waals surface area contributed by atoms with Gasteiger partial charge in [0.15, 0.2) is 17.4 Å². The number of non-ortho nitro benzene ring substituents is 1. The van der Waals surface area contributed by atoms with Crippen molar-refractivity contribution < 1.29 is 18.9 Å². The monoisotopic (exact) mass is 346 g/mol. The second kappa shape index (κ2) is 6.87. The van der Waals surface area contributed by atoms with Crippen LogP contribution < -0.4 is 10.1 Å². The van der Waals surface area contributed by atoms with E-state index in [0.29, 0.717) is 15.9 Å². The molecule has 1 amide bonds. The van der Waals surface area contributed by atoms with E-state index in [1.807, 2.05) is 0 Å². The number of rotatable bonds is 6. The number of nitro groups is 1. The summed E-state index contributed by atoms with van der Waals surface area (Å²) in [7, 11) is 0. The van der Waals surface area contributed by atoms with Crippen LogP contribution in [0.1, 0.15) is 0 Å². The van der Waals surface area contributed by atoms with Crippen molar-refractivity contribution in [1.29, 1.82) is 0 Å². The van der Waals surface area contributed by atoms with Crippen LogP contribution in [0.4, 0.5) is 10.8 Å². The lowest BCUT2D eigenvalue weighted by Crippen LogP contribution is -2.20. The molecule has 0 unspecified atom stereocenters. The van der Waals surface area contributed by atoms with Crippen LogP contribution in [0.25, 0.3) is 10.8 Å². The Hall–Kier alpha value is -3.27. The molecule has 0 saturated carbocycles. The molecule has 0 aliphatic carbocycles. The zero-order chi connectivity index (χ0) is 16.9. The van der Waals surface area contributed by atoms with Gasteiger partial charge in [-0.2, -0.15) is 0 Å². The van der Waals surface area contributed by atoms with Crippen LogP contribution >= 0.6 is 11.3 Å². The lowest BCUT2D eigenvalue weighted by molar-refractivity contribution is -0.384. The molecule has 1 N–H and O–H groups in total. The summed E-state index contributed by atoms with van der Waals surface area (Å²) in [6.07, 6.45) is 1.52. The summed E-state index contributed by atoms with van der Waals surface area (Å²) in [5.74, 6) is 0.331. The van der Waals surface area contributed by atoms with E-state index in [1.165, 1.54) is 30.5 Å². The molecule has 1 aromatic carbocycles. The summed E-state index contributed by atoms with van der Waals surface area (Å²) in [6.45, 7) is -0.309. The smallest absolute Gasteiger partial charge is 0.273 e. The highest BCUT2D eigenvalue weighted by molar-refractivity contribution is 7.18. The van der Waals surface area contributed by atoms with Gasteiger partial charge in [0.25, 0.3) is 11.6 Å². The first-order valence-electron chi connectivity index (χ1n) is 6.66. The quantitative estimate of drug-likeness (QED) is 0.538. The Morgan fingerprint density at radius 2 is 2.21 bits per heavy atom. The Balaban J connectivity index is 1.56. The molecule has 24 heavy (non-hydrogen) atoms. The Labute approximate surface area is 139 Å². The van der Waals surface area contributed by atoms with E-state index >= 15 is 0 Å². The van der Waals surface area contributed by atoms with E-state index in [-0.39, 0.29) is 18.0 Å². The highest BCUT2D eigenvalue weighted by Gasteiger charge is 2.12. The number of anilines is 1. The predicted molar refractivity (Wildman–Crippen MR) is 84.8 cm³/mol. The van der Waals surface area contributed by atoms with E-state index < -0.39 is 10.8 Å². The van der Waals surface area contributed by atoms with Gasteiger partial charge in [-0.25, -0.2) is 0 Å². The van der Waals surface area contributed by atoms with Gasteiger partial charge >= 0.3 is 0 Å². The molecule has 122 valence electrons. The molecule has 0 radical (unpaired) electrons. The molecule has 2 aromatic heterocycles. The third-order valence-corrected chi connectivity index (χ3v) is 3.65. The van der Waals surface area contributed by atoms with Gasteiger partial charge in [0.2, 0.25) is 5.13 Å². The Bertz CT molecular complexity index is 862. The predicted octanol–water partition coefficient (Wildman–Crippen LogP) is 2.72. The van der Waals surface area contributed by atoms with Crippen molar-refractivity contribution >= 4 is 28.1 Å². The van der Waals surface area contributed by atoms with Gasteiger partial charge in [-0.05, 0) is 18.2 Å². The first-order chi connectivity index (χ1) is 11.6. The maximum atomic E-state index is 11.8. The first kappa shape index (κ1) is 15.6. The van der Waals surface area contributed by atoms with Crippen molar-refractivity contribution in [2.75, 3.05) is 11.9 Å². The molecule has 0 atom stereocenters. The number of carbonyl (C=O) groups excluding carboxylic acids is 1. The van der Waals surface area contributed by atoms with E-state index in [4.69, 9.17) is 9.15 Å². The molecule has 0 saturated heterocycles. The standard InChI is InChI=1S/C14H10N4O5S/c19-12(8-23-10-4-1-3-9(7-10)18(20)21)15-14-17-16-13(24-14)11-5-2-6-22-11/h1-7H,8H2,(H,15,17,19). The van der Waals surface area contributed by atoms with Crippen molar-refractivity contribution in [3.05, 3.63) is 52.8 Å². The summed E-state index contributed by atoms with van der Waals surface area (Å²) in [6, 6.07) is 9.04. The summed E-state index contributed by atoms with van der Waals surface area (Å²) >= 11 is 1.15. The number of amides is 1. The molecular weight excluding hydrogens is 336 g/mol. The number of nitrogens with one attached hydrogen (secondary N) is 1. The number of hydrogen-bond acceptors (Lipinski definition) is 8. The number of nitrogens with zero attached hydrogens (tertiary/aromatic N) is 3. The van der Waals surface area contributed by atoms with Gasteiger partial charge in [-0.3, -0.25) is 20.2 Å². The number of hydrogen-bond donors (Lipinski definition) is 1. The number of aromatic nitrogens is 2. The zero-order valence-electron chi connectivity index (χ0n) is 12.0. The Morgan fingerprint density at radius 3 is 2.96 bits per heavy atom. The third kappa shape index (κ3) is 3.73. The van der Waals surface area contributed by atoms with Crippen molar-refractivity contribution in [1.82, 2.24) is 10.2 Å². The number of carbonyl (C=O) groups is 1. The summed E-state index contributed by atoms with van der Waals surface area (Å²) in [4.78, 5) is 22.0. The van der Waals surface area contributed by atoms with E-state index in [2.05, 4.69) is 15.5 Å². The van der Waals surface area contributed by atoms with Crippen molar-refractivity contribution in [3.8, 4) is 16.5 Å². The van der Waals surface area contributed by atoms with Crippen LogP contribution in [0.15, 0.2) is 47.1 Å². The fourth-order valence-corrected chi connectivity index (χ4v) is 2.49. The van der Waals surface area contributed by atoms with Crippen molar-refractivity contribution in [2.24, 2.45) is 0 Å². The van der Waals surface area contributed by atoms with E-state index in [9.17, 15) is 14.9 Å². The van der Waals surface area contributed by atoms with E-state index in [1.54, 1.807) is 12.1 Å². The van der Waals surface area contributed by atoms with Crippen LogP contribution in [0, 0.1) is 10.1 Å². The molecule has 0 fully saturated rings. The van der Waals surface area contributed by atoms with Crippen molar-refractivity contribution in [2.45, 2.75) is 0 Å². The van der Waals surface area contributed by atoms with Crippen LogP contribution in [-0.4, -0.2) is 27.6 Å². The molecule has 3 aromatic rings. The zero-order valence-corrected chi connectivity index (χ0v) is 12.9. The van der Waals surface area contributed by atoms with Crippen LogP contribution in [0.2, 0.25) is 0 Å². The summed E-state index contributed by atoms with van der Waals surface area (Å²) < 4.78 is 10.4. The second-order valence-corrected chi connectivity index (χ2v) is 5.46. The average Bonchev–Trinajstić information content (AvgIpc) is 3.24. The molecule has 0 aliphatic heterocycles. The molecule has 0 bridgehead atoms. The van der Waals surface area contributed by atoms with Crippen molar-refractivity contribution in [3.63, 3.8) is 0 Å². The fourth-order valence-electron chi connectivity index (χ4n) is 1.76. The lowest BCUT2D eigenvalue weighted by Gasteiger charge is -2.05. The SMILES string of the molecule is O=C(COc1cccc([N+](=O)[O-])c1)Nc1nnc(-c2ccco2)s1. The number of ether oxygens (including phenoxy) is 1. The van der Waals surface area contributed by atoms with Gasteiger partial charge < -0.3 is 9.15 Å². The van der Waals surface area contributed by atoms with Gasteiger partial charge in [0.1, 0.15) is 5.75 Å². The third-order valence-electron chi connectivity index (χ3n) is 2.80. The molecule has 10 heteroatoms. The first-order valence-corrected chi connectivity index (χ1v) is 7.48. The van der Waals surface area contributed by atoms with Gasteiger partial charge in [-0.15, -0.1) is 10.2 Å². The number of nitro benzene ring substituents is 1. The van der Waals surface area contributed by atoms with Crippen LogP contribution in [-0.2, 0) is 4.79 Å². The molecular formula is C14H10N4O5S. The highest BCUT2D eigenvalue weighted by Crippen LogP contribution is 2.26. The largest absolute Gasteiger partial charge is 0.484 e. The maximum Gasteiger partial charge on any atom is 0.273 e. The van der Waals surface area contributed by atoms with Gasteiger partial charge in [-0.1, -0.05) is 17.4 Å². The minimum absolute atomic E-state index is 0.111. The maximum absolute atomic E-state index is 11.8. The van der Waals surface area contributed by atoms with Gasteiger partial charge in [0.05, 0.1) is 17.3 Å². The van der Waals surface area contributed by atoms with E-state index in [0.717, 1.165) is 11.3 Å².